The highest BCUT2D eigenvalue weighted by Crippen LogP contribution is 2.18. The molecule has 0 aromatic heterocycles. The number of nitrogens with one attached hydrogen (secondary N) is 1. The van der Waals surface area contributed by atoms with Crippen molar-refractivity contribution in [1.82, 2.24) is 10.2 Å². The Balaban J connectivity index is 1.77. The molecule has 2 aromatic rings. The standard InChI is InChI=1S/C18H21FN2OS/c1-20-18(22)15-5-3-14(4-6-15)13-21(2)11-12-23-17-9-7-16(19)8-10-17/h3-10H,11-13H2,1-2H3,(H,20,22). The van der Waals surface area contributed by atoms with E-state index in [0.29, 0.717) is 5.56 Å². The summed E-state index contributed by atoms with van der Waals surface area (Å²) >= 11 is 1.72. The van der Waals surface area contributed by atoms with Crippen LogP contribution in [-0.2, 0) is 6.54 Å². The predicted octanol–water partition coefficient (Wildman–Crippen LogP) is 3.41. The summed E-state index contributed by atoms with van der Waals surface area (Å²) in [6.07, 6.45) is 0. The molecule has 0 saturated carbocycles. The average molecular weight is 332 g/mol. The van der Waals surface area contributed by atoms with Gasteiger partial charge in [0.1, 0.15) is 5.82 Å². The molecule has 0 saturated heterocycles. The lowest BCUT2D eigenvalue weighted by Crippen LogP contribution is -2.21. The first-order valence-corrected chi connectivity index (χ1v) is 8.45. The minimum absolute atomic E-state index is 0.0689. The topological polar surface area (TPSA) is 32.3 Å². The quantitative estimate of drug-likeness (QED) is 0.789. The molecule has 1 N–H and O–H groups in total. The van der Waals surface area contributed by atoms with E-state index in [1.54, 1.807) is 30.9 Å². The Hall–Kier alpha value is -1.85. The Morgan fingerprint density at radius 3 is 2.39 bits per heavy atom. The van der Waals surface area contributed by atoms with E-state index in [-0.39, 0.29) is 11.7 Å². The minimum Gasteiger partial charge on any atom is -0.355 e. The van der Waals surface area contributed by atoms with Crippen LogP contribution in [0.25, 0.3) is 0 Å². The number of hydrogen-bond donors (Lipinski definition) is 1. The number of thioether (sulfide) groups is 1. The molecular weight excluding hydrogens is 311 g/mol. The molecule has 0 fully saturated rings. The minimum atomic E-state index is -0.202. The zero-order chi connectivity index (χ0) is 16.7. The molecule has 0 atom stereocenters. The maximum Gasteiger partial charge on any atom is 0.251 e. The Bertz CT molecular complexity index is 628. The van der Waals surface area contributed by atoms with Crippen LogP contribution in [-0.4, -0.2) is 37.2 Å². The van der Waals surface area contributed by atoms with E-state index in [9.17, 15) is 9.18 Å². The van der Waals surface area contributed by atoms with Crippen molar-refractivity contribution in [3.8, 4) is 0 Å². The summed E-state index contributed by atoms with van der Waals surface area (Å²) in [6.45, 7) is 1.76. The van der Waals surface area contributed by atoms with Crippen molar-refractivity contribution >= 4 is 17.7 Å². The van der Waals surface area contributed by atoms with Crippen molar-refractivity contribution in [2.75, 3.05) is 26.4 Å². The van der Waals surface area contributed by atoms with E-state index in [0.717, 1.165) is 23.7 Å². The van der Waals surface area contributed by atoms with Gasteiger partial charge in [0.25, 0.3) is 5.91 Å². The molecule has 0 aliphatic rings. The first kappa shape index (κ1) is 17.5. The van der Waals surface area contributed by atoms with Gasteiger partial charge in [0.05, 0.1) is 0 Å². The van der Waals surface area contributed by atoms with E-state index in [2.05, 4.69) is 17.3 Å². The Labute approximate surface area is 140 Å². The van der Waals surface area contributed by atoms with Gasteiger partial charge in [0, 0.05) is 36.3 Å². The number of nitrogens with zero attached hydrogens (tertiary/aromatic N) is 1. The van der Waals surface area contributed by atoms with Gasteiger partial charge in [-0.05, 0) is 49.0 Å². The van der Waals surface area contributed by atoms with Gasteiger partial charge in [-0.2, -0.15) is 0 Å². The molecule has 0 heterocycles. The number of carbonyl (C=O) groups is 1. The molecule has 0 radical (unpaired) electrons. The van der Waals surface area contributed by atoms with Crippen LogP contribution in [0.1, 0.15) is 15.9 Å². The summed E-state index contributed by atoms with van der Waals surface area (Å²) in [6, 6.07) is 14.2. The Morgan fingerprint density at radius 2 is 1.78 bits per heavy atom. The van der Waals surface area contributed by atoms with Gasteiger partial charge in [0.15, 0.2) is 0 Å². The SMILES string of the molecule is CNC(=O)c1ccc(CN(C)CCSc2ccc(F)cc2)cc1. The van der Waals surface area contributed by atoms with Crippen LogP contribution in [0.5, 0.6) is 0 Å². The number of carbonyl (C=O) groups excluding carboxylic acids is 1. The fourth-order valence-corrected chi connectivity index (χ4v) is 3.11. The molecule has 0 aliphatic heterocycles. The van der Waals surface area contributed by atoms with E-state index < -0.39 is 0 Å². The highest BCUT2D eigenvalue weighted by molar-refractivity contribution is 7.99. The lowest BCUT2D eigenvalue weighted by Gasteiger charge is -2.16. The summed E-state index contributed by atoms with van der Waals surface area (Å²) < 4.78 is 12.8. The highest BCUT2D eigenvalue weighted by atomic mass is 32.2. The lowest BCUT2D eigenvalue weighted by molar-refractivity contribution is 0.0963. The number of amides is 1. The smallest absolute Gasteiger partial charge is 0.251 e. The largest absolute Gasteiger partial charge is 0.355 e. The van der Waals surface area contributed by atoms with E-state index in [1.165, 1.54) is 17.7 Å². The van der Waals surface area contributed by atoms with Crippen molar-refractivity contribution in [3.63, 3.8) is 0 Å². The Morgan fingerprint density at radius 1 is 1.13 bits per heavy atom. The van der Waals surface area contributed by atoms with Crippen LogP contribution in [0.2, 0.25) is 0 Å². The van der Waals surface area contributed by atoms with Gasteiger partial charge in [-0.15, -0.1) is 11.8 Å². The first-order valence-electron chi connectivity index (χ1n) is 7.46. The first-order chi connectivity index (χ1) is 11.1. The Kier molecular flexibility index (Phi) is 6.62. The fraction of sp³-hybridized carbons (Fsp3) is 0.278. The van der Waals surface area contributed by atoms with Crippen molar-refractivity contribution in [1.29, 1.82) is 0 Å². The third-order valence-electron chi connectivity index (χ3n) is 3.45. The second kappa shape index (κ2) is 8.70. The molecule has 0 spiro atoms. The monoisotopic (exact) mass is 332 g/mol. The van der Waals surface area contributed by atoms with Crippen LogP contribution in [0.3, 0.4) is 0 Å². The van der Waals surface area contributed by atoms with Crippen molar-refractivity contribution < 1.29 is 9.18 Å². The van der Waals surface area contributed by atoms with E-state index >= 15 is 0 Å². The predicted molar refractivity (Wildman–Crippen MR) is 93.3 cm³/mol. The van der Waals surface area contributed by atoms with Crippen molar-refractivity contribution in [2.45, 2.75) is 11.4 Å². The van der Waals surface area contributed by atoms with Crippen molar-refractivity contribution in [2.24, 2.45) is 0 Å². The van der Waals surface area contributed by atoms with Gasteiger partial charge in [-0.3, -0.25) is 4.79 Å². The van der Waals surface area contributed by atoms with Crippen LogP contribution < -0.4 is 5.32 Å². The van der Waals surface area contributed by atoms with Gasteiger partial charge >= 0.3 is 0 Å². The number of rotatable bonds is 7. The summed E-state index contributed by atoms with van der Waals surface area (Å²) in [5.74, 6) is 0.672. The van der Waals surface area contributed by atoms with E-state index in [4.69, 9.17) is 0 Å². The summed E-state index contributed by atoms with van der Waals surface area (Å²) in [5, 5.41) is 2.61. The average Bonchev–Trinajstić information content (AvgIpc) is 2.56. The second-order valence-corrected chi connectivity index (χ2v) is 6.48. The van der Waals surface area contributed by atoms with Gasteiger partial charge < -0.3 is 10.2 Å². The summed E-state index contributed by atoms with van der Waals surface area (Å²) in [4.78, 5) is 14.8. The molecule has 0 aliphatic carbocycles. The molecule has 0 bridgehead atoms. The third-order valence-corrected chi connectivity index (χ3v) is 4.44. The van der Waals surface area contributed by atoms with Crippen LogP contribution in [0.15, 0.2) is 53.4 Å². The number of benzene rings is 2. The molecule has 23 heavy (non-hydrogen) atoms. The van der Waals surface area contributed by atoms with Gasteiger partial charge in [-0.25, -0.2) is 4.39 Å². The molecule has 3 nitrogen and oxygen atoms in total. The van der Waals surface area contributed by atoms with Crippen molar-refractivity contribution in [3.05, 3.63) is 65.5 Å². The maximum absolute atomic E-state index is 12.8. The second-order valence-electron chi connectivity index (χ2n) is 5.32. The van der Waals surface area contributed by atoms with Crippen LogP contribution >= 0.6 is 11.8 Å². The molecule has 122 valence electrons. The third kappa shape index (κ3) is 5.69. The van der Waals surface area contributed by atoms with Crippen LogP contribution in [0, 0.1) is 5.82 Å². The summed E-state index contributed by atoms with van der Waals surface area (Å²) in [5.41, 5.74) is 1.85. The fourth-order valence-electron chi connectivity index (χ4n) is 2.15. The molecule has 1 amide bonds. The number of hydrogen-bond acceptors (Lipinski definition) is 3. The zero-order valence-corrected chi connectivity index (χ0v) is 14.2. The molecule has 2 aromatic carbocycles. The normalized spacial score (nSPS) is 10.8. The lowest BCUT2D eigenvalue weighted by atomic mass is 10.1. The summed E-state index contributed by atoms with van der Waals surface area (Å²) in [7, 11) is 3.70. The number of halogens is 1. The molecule has 0 unspecified atom stereocenters. The van der Waals surface area contributed by atoms with E-state index in [1.807, 2.05) is 24.3 Å². The zero-order valence-electron chi connectivity index (χ0n) is 13.4. The van der Waals surface area contributed by atoms with Gasteiger partial charge in [-0.1, -0.05) is 12.1 Å². The highest BCUT2D eigenvalue weighted by Gasteiger charge is 2.04. The maximum atomic E-state index is 12.8. The van der Waals surface area contributed by atoms with Crippen LogP contribution in [0.4, 0.5) is 4.39 Å². The molecular formula is C18H21FN2OS. The van der Waals surface area contributed by atoms with Gasteiger partial charge in [0.2, 0.25) is 0 Å². The molecule has 5 heteroatoms. The molecule has 2 rings (SSSR count).